The van der Waals surface area contributed by atoms with Gasteiger partial charge in [0.25, 0.3) is 0 Å². The summed E-state index contributed by atoms with van der Waals surface area (Å²) in [6.07, 6.45) is 6.82. The predicted octanol–water partition coefficient (Wildman–Crippen LogP) is 2.77. The summed E-state index contributed by atoms with van der Waals surface area (Å²) in [6, 6.07) is 8.42. The number of nitrogens with two attached hydrogens (primary N) is 1. The number of hydrogen-bond acceptors (Lipinski definition) is 4. The maximum absolute atomic E-state index is 5.85. The Hall–Kier alpha value is -1.68. The first kappa shape index (κ1) is 13.3. The molecule has 1 fully saturated rings. The molecule has 106 valence electrons. The smallest absolute Gasteiger partial charge is 0.316 e. The zero-order valence-electron chi connectivity index (χ0n) is 11.7. The Morgan fingerprint density at radius 3 is 2.80 bits per heavy atom. The van der Waals surface area contributed by atoms with E-state index >= 15 is 0 Å². The van der Waals surface area contributed by atoms with Crippen LogP contribution in [0.25, 0.3) is 10.9 Å². The van der Waals surface area contributed by atoms with Gasteiger partial charge in [0.1, 0.15) is 0 Å². The second kappa shape index (κ2) is 6.18. The van der Waals surface area contributed by atoms with Gasteiger partial charge >= 0.3 is 6.01 Å². The van der Waals surface area contributed by atoms with Gasteiger partial charge in [-0.05, 0) is 37.3 Å². The van der Waals surface area contributed by atoms with Crippen LogP contribution in [0, 0.1) is 11.8 Å². The lowest BCUT2D eigenvalue weighted by atomic mass is 9.80. The average Bonchev–Trinajstić information content (AvgIpc) is 2.53. The van der Waals surface area contributed by atoms with Crippen LogP contribution in [0.2, 0.25) is 0 Å². The van der Waals surface area contributed by atoms with Crippen molar-refractivity contribution < 1.29 is 4.74 Å². The van der Waals surface area contributed by atoms with Crippen LogP contribution in [0.15, 0.2) is 30.5 Å². The first-order valence-corrected chi connectivity index (χ1v) is 7.41. The number of aromatic nitrogens is 2. The Bertz CT molecular complexity index is 572. The molecule has 1 aliphatic carbocycles. The van der Waals surface area contributed by atoms with E-state index in [0.717, 1.165) is 17.4 Å². The van der Waals surface area contributed by atoms with Crippen molar-refractivity contribution in [2.45, 2.75) is 25.7 Å². The van der Waals surface area contributed by atoms with E-state index in [0.29, 0.717) is 24.5 Å². The van der Waals surface area contributed by atoms with Crippen LogP contribution in [-0.4, -0.2) is 23.1 Å². The SMILES string of the molecule is NCC1CCCCC1COc1ncc2ccccc2n1. The lowest BCUT2D eigenvalue weighted by molar-refractivity contribution is 0.146. The largest absolute Gasteiger partial charge is 0.463 e. The third-order valence-electron chi connectivity index (χ3n) is 4.26. The molecule has 3 rings (SSSR count). The Morgan fingerprint density at radius 2 is 1.95 bits per heavy atom. The summed E-state index contributed by atoms with van der Waals surface area (Å²) in [6.45, 7) is 1.44. The summed E-state index contributed by atoms with van der Waals surface area (Å²) in [4.78, 5) is 8.72. The van der Waals surface area contributed by atoms with Gasteiger partial charge in [-0.25, -0.2) is 4.98 Å². The molecule has 1 aromatic heterocycles. The van der Waals surface area contributed by atoms with Gasteiger partial charge in [0.05, 0.1) is 12.1 Å². The molecule has 0 amide bonds. The highest BCUT2D eigenvalue weighted by molar-refractivity contribution is 5.77. The van der Waals surface area contributed by atoms with E-state index in [9.17, 15) is 0 Å². The number of rotatable bonds is 4. The first-order valence-electron chi connectivity index (χ1n) is 7.41. The van der Waals surface area contributed by atoms with E-state index in [-0.39, 0.29) is 0 Å². The fraction of sp³-hybridized carbons (Fsp3) is 0.500. The van der Waals surface area contributed by atoms with Crippen LogP contribution in [0.4, 0.5) is 0 Å². The molecule has 1 aliphatic rings. The van der Waals surface area contributed by atoms with E-state index < -0.39 is 0 Å². The Morgan fingerprint density at radius 1 is 1.15 bits per heavy atom. The van der Waals surface area contributed by atoms with Crippen LogP contribution in [0.3, 0.4) is 0 Å². The molecule has 20 heavy (non-hydrogen) atoms. The van der Waals surface area contributed by atoms with Crippen LogP contribution in [-0.2, 0) is 0 Å². The van der Waals surface area contributed by atoms with Crippen LogP contribution < -0.4 is 10.5 Å². The van der Waals surface area contributed by atoms with Crippen molar-refractivity contribution in [1.29, 1.82) is 0 Å². The summed E-state index contributed by atoms with van der Waals surface area (Å²) in [5.74, 6) is 1.13. The van der Waals surface area contributed by atoms with Crippen LogP contribution >= 0.6 is 0 Å². The number of benzene rings is 1. The van der Waals surface area contributed by atoms with Crippen molar-refractivity contribution in [1.82, 2.24) is 9.97 Å². The molecule has 2 aromatic rings. The molecule has 1 saturated carbocycles. The third-order valence-corrected chi connectivity index (χ3v) is 4.26. The fourth-order valence-corrected chi connectivity index (χ4v) is 3.02. The van der Waals surface area contributed by atoms with Crippen LogP contribution in [0.1, 0.15) is 25.7 Å². The summed E-state index contributed by atoms with van der Waals surface area (Å²) in [5.41, 5.74) is 6.78. The lowest BCUT2D eigenvalue weighted by Gasteiger charge is -2.30. The molecule has 2 unspecified atom stereocenters. The standard InChI is InChI=1S/C16H21N3O/c17-9-12-5-1-2-7-14(12)11-20-16-18-10-13-6-3-4-8-15(13)19-16/h3-4,6,8,10,12,14H,1-2,5,7,9,11,17H2. The van der Waals surface area contributed by atoms with Gasteiger partial charge in [-0.2, -0.15) is 4.98 Å². The van der Waals surface area contributed by atoms with Crippen molar-refractivity contribution in [3.05, 3.63) is 30.5 Å². The zero-order chi connectivity index (χ0) is 13.8. The molecule has 1 aromatic carbocycles. The Kier molecular flexibility index (Phi) is 4.11. The molecular weight excluding hydrogens is 250 g/mol. The van der Waals surface area contributed by atoms with E-state index in [1.165, 1.54) is 25.7 Å². The summed E-state index contributed by atoms with van der Waals surface area (Å²) in [5, 5.41) is 1.04. The molecule has 1 heterocycles. The minimum absolute atomic E-state index is 0.477. The van der Waals surface area contributed by atoms with Crippen molar-refractivity contribution in [2.75, 3.05) is 13.2 Å². The van der Waals surface area contributed by atoms with Crippen molar-refractivity contribution >= 4 is 10.9 Å². The molecule has 0 saturated heterocycles. The summed E-state index contributed by atoms with van der Waals surface area (Å²) in [7, 11) is 0. The number of para-hydroxylation sites is 1. The Labute approximate surface area is 119 Å². The van der Waals surface area contributed by atoms with Gasteiger partial charge in [0.15, 0.2) is 0 Å². The van der Waals surface area contributed by atoms with Gasteiger partial charge in [0, 0.05) is 11.6 Å². The zero-order valence-corrected chi connectivity index (χ0v) is 11.7. The highest BCUT2D eigenvalue weighted by atomic mass is 16.5. The maximum atomic E-state index is 5.85. The quantitative estimate of drug-likeness (QED) is 0.929. The minimum atomic E-state index is 0.477. The molecule has 2 N–H and O–H groups in total. The monoisotopic (exact) mass is 271 g/mol. The van der Waals surface area contributed by atoms with Gasteiger partial charge in [-0.3, -0.25) is 0 Å². The maximum Gasteiger partial charge on any atom is 0.316 e. The van der Waals surface area contributed by atoms with Gasteiger partial charge < -0.3 is 10.5 Å². The second-order valence-electron chi connectivity index (χ2n) is 5.56. The Balaban J connectivity index is 1.67. The van der Waals surface area contributed by atoms with E-state index in [1.807, 2.05) is 30.5 Å². The third kappa shape index (κ3) is 2.90. The average molecular weight is 271 g/mol. The molecule has 0 radical (unpaired) electrons. The lowest BCUT2D eigenvalue weighted by Crippen LogP contribution is -2.31. The number of hydrogen-bond donors (Lipinski definition) is 1. The molecule has 4 heteroatoms. The highest BCUT2D eigenvalue weighted by Gasteiger charge is 2.24. The van der Waals surface area contributed by atoms with E-state index in [4.69, 9.17) is 10.5 Å². The van der Waals surface area contributed by atoms with E-state index in [1.54, 1.807) is 0 Å². The molecule has 4 nitrogen and oxygen atoms in total. The molecule has 0 aliphatic heterocycles. The number of ether oxygens (including phenoxy) is 1. The molecule has 2 atom stereocenters. The fourth-order valence-electron chi connectivity index (χ4n) is 3.02. The van der Waals surface area contributed by atoms with Gasteiger partial charge in [-0.15, -0.1) is 0 Å². The van der Waals surface area contributed by atoms with E-state index in [2.05, 4.69) is 9.97 Å². The molecule has 0 spiro atoms. The summed E-state index contributed by atoms with van der Waals surface area (Å²) >= 11 is 0. The highest BCUT2D eigenvalue weighted by Crippen LogP contribution is 2.29. The molecule has 0 bridgehead atoms. The predicted molar refractivity (Wildman–Crippen MR) is 79.5 cm³/mol. The number of nitrogens with zero attached hydrogens (tertiary/aromatic N) is 2. The summed E-state index contributed by atoms with van der Waals surface area (Å²) < 4.78 is 5.81. The molecular formula is C16H21N3O. The van der Waals surface area contributed by atoms with Gasteiger partial charge in [0.2, 0.25) is 0 Å². The minimum Gasteiger partial charge on any atom is -0.463 e. The van der Waals surface area contributed by atoms with Crippen LogP contribution in [0.5, 0.6) is 6.01 Å². The van der Waals surface area contributed by atoms with Crippen molar-refractivity contribution in [3.8, 4) is 6.01 Å². The van der Waals surface area contributed by atoms with Crippen molar-refractivity contribution in [2.24, 2.45) is 17.6 Å². The normalized spacial score (nSPS) is 22.9. The topological polar surface area (TPSA) is 61.0 Å². The van der Waals surface area contributed by atoms with Crippen molar-refractivity contribution in [3.63, 3.8) is 0 Å². The van der Waals surface area contributed by atoms with Gasteiger partial charge in [-0.1, -0.05) is 31.0 Å². The number of fused-ring (bicyclic) bond motifs is 1. The first-order chi connectivity index (χ1) is 9.86. The second-order valence-corrected chi connectivity index (χ2v) is 5.56.